The van der Waals surface area contributed by atoms with Gasteiger partial charge in [-0.05, 0) is 31.2 Å². The second-order valence-electron chi connectivity index (χ2n) is 4.85. The molecule has 6 nitrogen and oxygen atoms in total. The second kappa shape index (κ2) is 5.78. The smallest absolute Gasteiger partial charge is 0.319 e. The number of carbonyl (C=O) groups excluding carboxylic acids is 1. The summed E-state index contributed by atoms with van der Waals surface area (Å²) in [5, 5.41) is 5.62. The number of hydrogen-bond acceptors (Lipinski definition) is 4. The van der Waals surface area contributed by atoms with Gasteiger partial charge in [0.1, 0.15) is 5.76 Å². The van der Waals surface area contributed by atoms with Crippen LogP contribution in [0.2, 0.25) is 0 Å². The van der Waals surface area contributed by atoms with Gasteiger partial charge in [-0.15, -0.1) is 0 Å². The van der Waals surface area contributed by atoms with Gasteiger partial charge in [0.05, 0.1) is 6.26 Å². The molecule has 0 spiro atoms. The molecule has 2 aromatic rings. The van der Waals surface area contributed by atoms with Crippen LogP contribution in [0.1, 0.15) is 12.7 Å². The summed E-state index contributed by atoms with van der Waals surface area (Å²) in [5.41, 5.74) is 0.655. The number of amides is 2. The molecular weight excluding hydrogens is 272 g/mol. The van der Waals surface area contributed by atoms with E-state index in [-0.39, 0.29) is 18.9 Å². The van der Waals surface area contributed by atoms with Gasteiger partial charge in [-0.1, -0.05) is 0 Å². The zero-order valence-corrected chi connectivity index (χ0v) is 11.6. The van der Waals surface area contributed by atoms with E-state index in [1.54, 1.807) is 24.5 Å². The van der Waals surface area contributed by atoms with Crippen molar-refractivity contribution in [2.45, 2.75) is 19.4 Å². The summed E-state index contributed by atoms with van der Waals surface area (Å²) < 4.78 is 15.7. The average molecular weight is 288 g/mol. The first-order chi connectivity index (χ1) is 10.2. The summed E-state index contributed by atoms with van der Waals surface area (Å²) in [5.74, 6) is 2.16. The van der Waals surface area contributed by atoms with Crippen molar-refractivity contribution in [3.05, 3.63) is 42.4 Å². The molecular formula is C15H16N2O4. The molecule has 1 aromatic heterocycles. The number of carbonyl (C=O) groups is 1. The van der Waals surface area contributed by atoms with Crippen molar-refractivity contribution >= 4 is 11.7 Å². The summed E-state index contributed by atoms with van der Waals surface area (Å²) in [7, 11) is 0. The van der Waals surface area contributed by atoms with E-state index < -0.39 is 0 Å². The molecule has 1 atom stereocenters. The Morgan fingerprint density at radius 1 is 1.29 bits per heavy atom. The SMILES string of the molecule is C[C@@H](Cc1ccco1)NC(=O)Nc1ccc2c(c1)OCO2. The van der Waals surface area contributed by atoms with Gasteiger partial charge in [0.2, 0.25) is 6.79 Å². The first-order valence-electron chi connectivity index (χ1n) is 6.70. The van der Waals surface area contributed by atoms with Crippen LogP contribution in [0.3, 0.4) is 0 Å². The summed E-state index contributed by atoms with van der Waals surface area (Å²) in [6.45, 7) is 2.13. The van der Waals surface area contributed by atoms with Gasteiger partial charge in [0.15, 0.2) is 11.5 Å². The number of nitrogens with one attached hydrogen (secondary N) is 2. The number of rotatable bonds is 4. The van der Waals surface area contributed by atoms with Gasteiger partial charge in [0, 0.05) is 24.2 Å². The molecule has 0 saturated carbocycles. The standard InChI is InChI=1S/C15H16N2O4/c1-10(7-12-3-2-6-19-12)16-15(18)17-11-4-5-13-14(8-11)21-9-20-13/h2-6,8,10H,7,9H2,1H3,(H2,16,17,18)/t10-/m0/s1. The molecule has 0 saturated heterocycles. The van der Waals surface area contributed by atoms with Gasteiger partial charge in [-0.25, -0.2) is 4.79 Å². The second-order valence-corrected chi connectivity index (χ2v) is 4.85. The minimum Gasteiger partial charge on any atom is -0.469 e. The molecule has 0 radical (unpaired) electrons. The Hall–Kier alpha value is -2.63. The molecule has 0 fully saturated rings. The van der Waals surface area contributed by atoms with Crippen LogP contribution in [0.4, 0.5) is 10.5 Å². The van der Waals surface area contributed by atoms with E-state index in [1.807, 2.05) is 19.1 Å². The van der Waals surface area contributed by atoms with Gasteiger partial charge >= 0.3 is 6.03 Å². The van der Waals surface area contributed by atoms with Crippen LogP contribution in [-0.4, -0.2) is 18.9 Å². The highest BCUT2D eigenvalue weighted by Crippen LogP contribution is 2.34. The Morgan fingerprint density at radius 2 is 2.14 bits per heavy atom. The van der Waals surface area contributed by atoms with Gasteiger partial charge in [0.25, 0.3) is 0 Å². The highest BCUT2D eigenvalue weighted by atomic mass is 16.7. The zero-order valence-electron chi connectivity index (χ0n) is 11.6. The fraction of sp³-hybridized carbons (Fsp3) is 0.267. The summed E-state index contributed by atoms with van der Waals surface area (Å²) in [6, 6.07) is 8.68. The molecule has 21 heavy (non-hydrogen) atoms. The van der Waals surface area contributed by atoms with Crippen molar-refractivity contribution in [3.8, 4) is 11.5 Å². The number of anilines is 1. The van der Waals surface area contributed by atoms with Gasteiger partial charge in [-0.3, -0.25) is 0 Å². The van der Waals surface area contributed by atoms with Crippen LogP contribution in [0, 0.1) is 0 Å². The number of fused-ring (bicyclic) bond motifs is 1. The van der Waals surface area contributed by atoms with E-state index in [0.29, 0.717) is 23.6 Å². The fourth-order valence-electron chi connectivity index (χ4n) is 2.15. The Labute approximate surface area is 122 Å². The van der Waals surface area contributed by atoms with E-state index in [1.165, 1.54) is 0 Å². The van der Waals surface area contributed by atoms with E-state index in [4.69, 9.17) is 13.9 Å². The first-order valence-corrected chi connectivity index (χ1v) is 6.70. The van der Waals surface area contributed by atoms with E-state index in [0.717, 1.165) is 5.76 Å². The van der Waals surface area contributed by atoms with Gasteiger partial charge < -0.3 is 24.5 Å². The molecule has 110 valence electrons. The number of ether oxygens (including phenoxy) is 2. The lowest BCUT2D eigenvalue weighted by Gasteiger charge is -2.13. The van der Waals surface area contributed by atoms with E-state index >= 15 is 0 Å². The largest absolute Gasteiger partial charge is 0.469 e. The molecule has 2 N–H and O–H groups in total. The van der Waals surface area contributed by atoms with Crippen LogP contribution < -0.4 is 20.1 Å². The molecule has 6 heteroatoms. The minimum absolute atomic E-state index is 0.0369. The molecule has 0 aliphatic carbocycles. The molecule has 2 amide bonds. The van der Waals surface area contributed by atoms with Crippen molar-refractivity contribution in [1.82, 2.24) is 5.32 Å². The highest BCUT2D eigenvalue weighted by Gasteiger charge is 2.15. The lowest BCUT2D eigenvalue weighted by molar-refractivity contribution is 0.174. The number of hydrogen-bond donors (Lipinski definition) is 2. The molecule has 3 rings (SSSR count). The van der Waals surface area contributed by atoms with E-state index in [9.17, 15) is 4.79 Å². The normalized spacial score (nSPS) is 13.8. The maximum atomic E-state index is 11.9. The van der Waals surface area contributed by atoms with Crippen LogP contribution in [0.15, 0.2) is 41.0 Å². The fourth-order valence-corrected chi connectivity index (χ4v) is 2.15. The van der Waals surface area contributed by atoms with Crippen LogP contribution in [0.25, 0.3) is 0 Å². The highest BCUT2D eigenvalue weighted by molar-refractivity contribution is 5.89. The maximum Gasteiger partial charge on any atom is 0.319 e. The monoisotopic (exact) mass is 288 g/mol. The first kappa shape index (κ1) is 13.4. The molecule has 0 unspecified atom stereocenters. The van der Waals surface area contributed by atoms with E-state index in [2.05, 4.69) is 10.6 Å². The van der Waals surface area contributed by atoms with Crippen molar-refractivity contribution in [3.63, 3.8) is 0 Å². The van der Waals surface area contributed by atoms with Crippen molar-refractivity contribution in [1.29, 1.82) is 0 Å². The predicted molar refractivity (Wildman–Crippen MR) is 76.6 cm³/mol. The number of urea groups is 1. The Morgan fingerprint density at radius 3 is 2.95 bits per heavy atom. The summed E-state index contributed by atoms with van der Waals surface area (Å²) >= 11 is 0. The third-order valence-corrected chi connectivity index (χ3v) is 3.10. The van der Waals surface area contributed by atoms with Gasteiger partial charge in [-0.2, -0.15) is 0 Å². The zero-order chi connectivity index (χ0) is 14.7. The number of benzene rings is 1. The van der Waals surface area contributed by atoms with Crippen LogP contribution in [-0.2, 0) is 6.42 Å². The third kappa shape index (κ3) is 3.28. The van der Waals surface area contributed by atoms with Crippen molar-refractivity contribution < 1.29 is 18.7 Å². The van der Waals surface area contributed by atoms with Crippen molar-refractivity contribution in [2.24, 2.45) is 0 Å². The Kier molecular flexibility index (Phi) is 3.68. The maximum absolute atomic E-state index is 11.9. The Bertz CT molecular complexity index is 625. The number of furan rings is 1. The molecule has 1 aliphatic rings. The molecule has 2 heterocycles. The lowest BCUT2D eigenvalue weighted by Crippen LogP contribution is -2.37. The summed E-state index contributed by atoms with van der Waals surface area (Å²) in [6.07, 6.45) is 2.26. The molecule has 1 aromatic carbocycles. The lowest BCUT2D eigenvalue weighted by atomic mass is 10.2. The third-order valence-electron chi connectivity index (χ3n) is 3.10. The molecule has 1 aliphatic heterocycles. The predicted octanol–water partition coefficient (Wildman–Crippen LogP) is 2.76. The Balaban J connectivity index is 1.54. The van der Waals surface area contributed by atoms with Crippen LogP contribution in [0.5, 0.6) is 11.5 Å². The topological polar surface area (TPSA) is 72.7 Å². The minimum atomic E-state index is -0.270. The summed E-state index contributed by atoms with van der Waals surface area (Å²) in [4.78, 5) is 11.9. The van der Waals surface area contributed by atoms with Crippen LogP contribution >= 0.6 is 0 Å². The average Bonchev–Trinajstić information content (AvgIpc) is 3.08. The quantitative estimate of drug-likeness (QED) is 0.907. The molecule has 0 bridgehead atoms. The van der Waals surface area contributed by atoms with Crippen molar-refractivity contribution in [2.75, 3.05) is 12.1 Å².